The maximum absolute atomic E-state index is 10.3. The van der Waals surface area contributed by atoms with E-state index in [4.69, 9.17) is 0 Å². The minimum Gasteiger partial charge on any atom is -0.385 e. The van der Waals surface area contributed by atoms with Crippen LogP contribution in [-0.4, -0.2) is 15.1 Å². The van der Waals surface area contributed by atoms with Crippen molar-refractivity contribution in [3.8, 4) is 0 Å². The number of aliphatic hydroxyl groups excluding tert-OH is 1. The summed E-state index contributed by atoms with van der Waals surface area (Å²) >= 11 is 0. The number of aromatic nitrogens is 2. The Balaban J connectivity index is 2.24. The van der Waals surface area contributed by atoms with Gasteiger partial charge in [-0.1, -0.05) is 17.7 Å². The second-order valence-corrected chi connectivity index (χ2v) is 5.22. The van der Waals surface area contributed by atoms with Crippen LogP contribution in [0.1, 0.15) is 39.7 Å². The van der Waals surface area contributed by atoms with Crippen molar-refractivity contribution in [1.29, 1.82) is 0 Å². The van der Waals surface area contributed by atoms with Crippen LogP contribution < -0.4 is 0 Å². The van der Waals surface area contributed by atoms with Crippen molar-refractivity contribution in [2.24, 2.45) is 0 Å². The highest BCUT2D eigenvalue weighted by molar-refractivity contribution is 5.38. The van der Waals surface area contributed by atoms with E-state index in [1.807, 2.05) is 6.92 Å². The second-order valence-electron chi connectivity index (χ2n) is 5.22. The van der Waals surface area contributed by atoms with Crippen LogP contribution in [0.3, 0.4) is 0 Å². The fraction of sp³-hybridized carbons (Fsp3) is 0.375. The first-order chi connectivity index (χ1) is 8.97. The molecule has 2 aromatic rings. The fourth-order valence-electron chi connectivity index (χ4n) is 2.39. The molecule has 0 radical (unpaired) electrons. The van der Waals surface area contributed by atoms with E-state index < -0.39 is 6.10 Å². The molecule has 0 aliphatic heterocycles. The Hall–Kier alpha value is -1.74. The van der Waals surface area contributed by atoms with Crippen molar-refractivity contribution < 1.29 is 5.11 Å². The number of rotatable bonds is 3. The lowest BCUT2D eigenvalue weighted by molar-refractivity contribution is 0.168. The number of hydrogen-bond donors (Lipinski definition) is 1. The van der Waals surface area contributed by atoms with E-state index >= 15 is 0 Å². The van der Waals surface area contributed by atoms with E-state index in [1.165, 1.54) is 22.3 Å². The predicted molar refractivity (Wildman–Crippen MR) is 76.1 cm³/mol. The molecule has 0 aliphatic rings. The van der Waals surface area contributed by atoms with Crippen LogP contribution in [0.25, 0.3) is 0 Å². The van der Waals surface area contributed by atoms with Gasteiger partial charge < -0.3 is 5.11 Å². The lowest BCUT2D eigenvalue weighted by Crippen LogP contribution is -2.09. The highest BCUT2D eigenvalue weighted by atomic mass is 16.3. The van der Waals surface area contributed by atoms with E-state index in [0.717, 1.165) is 5.56 Å². The molecule has 0 spiro atoms. The van der Waals surface area contributed by atoms with Crippen molar-refractivity contribution in [2.75, 3.05) is 0 Å². The molecule has 0 fully saturated rings. The average Bonchev–Trinajstić information content (AvgIpc) is 2.34. The standard InChI is InChI=1S/C16H20N2O/c1-10-5-12(3)14(13(4)6-10)7-15(19)16-17-8-11(2)9-18-16/h5-6,8-9,15,19H,7H2,1-4H3. The molecule has 100 valence electrons. The quantitative estimate of drug-likeness (QED) is 0.918. The highest BCUT2D eigenvalue weighted by Crippen LogP contribution is 2.22. The summed E-state index contributed by atoms with van der Waals surface area (Å²) < 4.78 is 0. The van der Waals surface area contributed by atoms with Gasteiger partial charge in [0.05, 0.1) is 0 Å². The second kappa shape index (κ2) is 5.49. The van der Waals surface area contributed by atoms with Gasteiger partial charge in [-0.25, -0.2) is 9.97 Å². The van der Waals surface area contributed by atoms with Gasteiger partial charge in [-0.15, -0.1) is 0 Å². The minimum absolute atomic E-state index is 0.491. The Morgan fingerprint density at radius 2 is 1.47 bits per heavy atom. The molecular weight excluding hydrogens is 236 g/mol. The van der Waals surface area contributed by atoms with Crippen molar-refractivity contribution >= 4 is 0 Å². The molecule has 1 heterocycles. The molecule has 0 saturated heterocycles. The molecule has 19 heavy (non-hydrogen) atoms. The number of aryl methyl sites for hydroxylation is 4. The normalized spacial score (nSPS) is 12.5. The summed E-state index contributed by atoms with van der Waals surface area (Å²) in [5.74, 6) is 0.491. The molecule has 1 aromatic carbocycles. The molecule has 1 atom stereocenters. The highest BCUT2D eigenvalue weighted by Gasteiger charge is 2.14. The van der Waals surface area contributed by atoms with E-state index in [1.54, 1.807) is 12.4 Å². The van der Waals surface area contributed by atoms with E-state index in [-0.39, 0.29) is 0 Å². The van der Waals surface area contributed by atoms with Gasteiger partial charge in [0.25, 0.3) is 0 Å². The maximum atomic E-state index is 10.3. The largest absolute Gasteiger partial charge is 0.385 e. The topological polar surface area (TPSA) is 46.0 Å². The van der Waals surface area contributed by atoms with Crippen molar-refractivity contribution in [3.63, 3.8) is 0 Å². The Bertz CT molecular complexity index is 553. The van der Waals surface area contributed by atoms with Gasteiger partial charge in [-0.2, -0.15) is 0 Å². The van der Waals surface area contributed by atoms with E-state index in [2.05, 4.69) is 42.9 Å². The molecule has 3 nitrogen and oxygen atoms in total. The monoisotopic (exact) mass is 256 g/mol. The zero-order valence-corrected chi connectivity index (χ0v) is 11.9. The van der Waals surface area contributed by atoms with Crippen LogP contribution in [0.4, 0.5) is 0 Å². The van der Waals surface area contributed by atoms with E-state index in [0.29, 0.717) is 12.2 Å². The maximum Gasteiger partial charge on any atom is 0.157 e. The lowest BCUT2D eigenvalue weighted by Gasteiger charge is -2.15. The average molecular weight is 256 g/mol. The molecule has 2 rings (SSSR count). The van der Waals surface area contributed by atoms with Gasteiger partial charge in [0.15, 0.2) is 5.82 Å². The zero-order valence-electron chi connectivity index (χ0n) is 11.9. The molecule has 3 heteroatoms. The predicted octanol–water partition coefficient (Wildman–Crippen LogP) is 2.99. The van der Waals surface area contributed by atoms with Gasteiger partial charge in [0.2, 0.25) is 0 Å². The summed E-state index contributed by atoms with van der Waals surface area (Å²) in [4.78, 5) is 8.38. The number of nitrogens with zero attached hydrogens (tertiary/aromatic N) is 2. The van der Waals surface area contributed by atoms with Crippen LogP contribution in [-0.2, 0) is 6.42 Å². The Kier molecular flexibility index (Phi) is 3.96. The number of hydrogen-bond acceptors (Lipinski definition) is 3. The summed E-state index contributed by atoms with van der Waals surface area (Å²) in [6.07, 6.45) is 3.38. The molecular formula is C16H20N2O. The third-order valence-corrected chi connectivity index (χ3v) is 3.34. The van der Waals surface area contributed by atoms with Crippen molar-refractivity contribution in [1.82, 2.24) is 9.97 Å². The van der Waals surface area contributed by atoms with Crippen LogP contribution in [0.15, 0.2) is 24.5 Å². The van der Waals surface area contributed by atoms with Gasteiger partial charge >= 0.3 is 0 Å². The van der Waals surface area contributed by atoms with E-state index in [9.17, 15) is 5.11 Å². The molecule has 1 N–H and O–H groups in total. The van der Waals surface area contributed by atoms with Crippen molar-refractivity contribution in [3.05, 3.63) is 58.2 Å². The Morgan fingerprint density at radius 1 is 0.947 bits per heavy atom. The summed E-state index contributed by atoms with van der Waals surface area (Å²) in [7, 11) is 0. The SMILES string of the molecule is Cc1cnc(C(O)Cc2c(C)cc(C)cc2C)nc1. The van der Waals surface area contributed by atoms with Crippen LogP contribution >= 0.6 is 0 Å². The smallest absolute Gasteiger partial charge is 0.157 e. The number of aliphatic hydroxyl groups is 1. The van der Waals surface area contributed by atoms with Gasteiger partial charge in [0, 0.05) is 18.8 Å². The first-order valence-corrected chi connectivity index (χ1v) is 6.50. The lowest BCUT2D eigenvalue weighted by atomic mass is 9.95. The first kappa shape index (κ1) is 13.7. The molecule has 0 saturated carbocycles. The van der Waals surface area contributed by atoms with Crippen molar-refractivity contribution in [2.45, 2.75) is 40.2 Å². The minimum atomic E-state index is -0.652. The van der Waals surface area contributed by atoms with Crippen LogP contribution in [0.2, 0.25) is 0 Å². The number of benzene rings is 1. The van der Waals surface area contributed by atoms with Crippen LogP contribution in [0.5, 0.6) is 0 Å². The summed E-state index contributed by atoms with van der Waals surface area (Å²) in [6, 6.07) is 4.29. The Labute approximate surface area is 114 Å². The Morgan fingerprint density at radius 3 is 2.00 bits per heavy atom. The zero-order chi connectivity index (χ0) is 14.0. The first-order valence-electron chi connectivity index (χ1n) is 6.50. The fourth-order valence-corrected chi connectivity index (χ4v) is 2.39. The van der Waals surface area contributed by atoms with Gasteiger partial charge in [-0.3, -0.25) is 0 Å². The summed E-state index contributed by atoms with van der Waals surface area (Å²) in [5, 5.41) is 10.3. The van der Waals surface area contributed by atoms with Gasteiger partial charge in [-0.05, 0) is 49.9 Å². The van der Waals surface area contributed by atoms with Gasteiger partial charge in [0.1, 0.15) is 6.10 Å². The third-order valence-electron chi connectivity index (χ3n) is 3.34. The molecule has 0 bridgehead atoms. The molecule has 0 amide bonds. The molecule has 0 aliphatic carbocycles. The molecule has 1 unspecified atom stereocenters. The summed E-state index contributed by atoms with van der Waals surface area (Å²) in [5.41, 5.74) is 5.85. The molecule has 1 aromatic heterocycles. The van der Waals surface area contributed by atoms with Crippen LogP contribution in [0, 0.1) is 27.7 Å². The summed E-state index contributed by atoms with van der Waals surface area (Å²) in [6.45, 7) is 8.18. The third kappa shape index (κ3) is 3.18.